The number of rotatable bonds is 3. The second-order valence-corrected chi connectivity index (χ2v) is 5.08. The molecule has 2 heterocycles. The molecular weight excluding hydrogens is 286 g/mol. The maximum Gasteiger partial charge on any atom is 0.282 e. The summed E-state index contributed by atoms with van der Waals surface area (Å²) in [6, 6.07) is 0.169. The lowest BCUT2D eigenvalue weighted by atomic mass is 10.1. The van der Waals surface area contributed by atoms with Crippen LogP contribution in [-0.4, -0.2) is 28.5 Å². The van der Waals surface area contributed by atoms with Crippen molar-refractivity contribution in [1.29, 1.82) is 0 Å². The van der Waals surface area contributed by atoms with Crippen LogP contribution >= 0.6 is 15.9 Å². The summed E-state index contributed by atoms with van der Waals surface area (Å²) in [6.45, 7) is 2.88. The average molecular weight is 302 g/mol. The molecular formula is C11H16BrN3O2. The molecule has 1 aliphatic heterocycles. The molecule has 17 heavy (non-hydrogen) atoms. The molecule has 2 rings (SSSR count). The molecule has 1 saturated heterocycles. The first-order valence-electron chi connectivity index (χ1n) is 5.69. The van der Waals surface area contributed by atoms with Crippen LogP contribution < -0.4 is 10.9 Å². The lowest BCUT2D eigenvalue weighted by Crippen LogP contribution is -2.31. The topological polar surface area (TPSA) is 56.2 Å². The van der Waals surface area contributed by atoms with Crippen molar-refractivity contribution in [2.45, 2.75) is 31.9 Å². The van der Waals surface area contributed by atoms with E-state index in [4.69, 9.17) is 4.74 Å². The summed E-state index contributed by atoms with van der Waals surface area (Å²) in [7, 11) is 1.63. The molecule has 0 spiro atoms. The number of halogens is 1. The van der Waals surface area contributed by atoms with Gasteiger partial charge in [0.1, 0.15) is 4.47 Å². The van der Waals surface area contributed by atoms with Crippen LogP contribution in [0.5, 0.6) is 0 Å². The van der Waals surface area contributed by atoms with E-state index >= 15 is 0 Å². The van der Waals surface area contributed by atoms with Crippen molar-refractivity contribution in [3.05, 3.63) is 21.0 Å². The fourth-order valence-corrected chi connectivity index (χ4v) is 2.42. The fraction of sp³-hybridized carbons (Fsp3) is 0.636. The molecule has 0 saturated carbocycles. The quantitative estimate of drug-likeness (QED) is 0.920. The minimum Gasteiger partial charge on any atom is -0.378 e. The number of ether oxygens (including phenoxy) is 1. The predicted molar refractivity (Wildman–Crippen MR) is 69.2 cm³/mol. The first-order valence-corrected chi connectivity index (χ1v) is 6.49. The van der Waals surface area contributed by atoms with E-state index in [2.05, 4.69) is 33.3 Å². The van der Waals surface area contributed by atoms with Gasteiger partial charge in [-0.3, -0.25) is 4.79 Å². The van der Waals surface area contributed by atoms with Crippen molar-refractivity contribution in [2.75, 3.05) is 11.9 Å². The molecule has 6 heteroatoms. The van der Waals surface area contributed by atoms with E-state index in [0.29, 0.717) is 4.47 Å². The van der Waals surface area contributed by atoms with Crippen LogP contribution in [-0.2, 0) is 11.8 Å². The summed E-state index contributed by atoms with van der Waals surface area (Å²) in [5.41, 5.74) is 0.575. The Bertz CT molecular complexity index is 455. The highest BCUT2D eigenvalue weighted by atomic mass is 79.9. The molecule has 1 aromatic rings. The normalized spacial score (nSPS) is 21.5. The van der Waals surface area contributed by atoms with Crippen LogP contribution in [0.1, 0.15) is 19.8 Å². The molecule has 1 fully saturated rings. The van der Waals surface area contributed by atoms with Crippen LogP contribution in [0.25, 0.3) is 0 Å². The Morgan fingerprint density at radius 2 is 2.47 bits per heavy atom. The zero-order valence-corrected chi connectivity index (χ0v) is 11.5. The Hall–Kier alpha value is -0.880. The molecule has 0 bridgehead atoms. The first kappa shape index (κ1) is 12.6. The lowest BCUT2D eigenvalue weighted by molar-refractivity contribution is 0.0996. The SMILES string of the molecule is CC(Nc1cnn(C)c(=O)c1Br)C1CCCO1. The van der Waals surface area contributed by atoms with Crippen LogP contribution in [0.15, 0.2) is 15.5 Å². The van der Waals surface area contributed by atoms with Crippen molar-refractivity contribution in [3.63, 3.8) is 0 Å². The maximum atomic E-state index is 11.7. The number of aryl methyl sites for hydroxylation is 1. The Labute approximate surface area is 108 Å². The van der Waals surface area contributed by atoms with E-state index in [1.807, 2.05) is 0 Å². The Kier molecular flexibility index (Phi) is 3.83. The van der Waals surface area contributed by atoms with Crippen LogP contribution in [0.4, 0.5) is 5.69 Å². The van der Waals surface area contributed by atoms with Gasteiger partial charge in [-0.15, -0.1) is 0 Å². The lowest BCUT2D eigenvalue weighted by Gasteiger charge is -2.21. The van der Waals surface area contributed by atoms with Gasteiger partial charge in [0.2, 0.25) is 0 Å². The largest absolute Gasteiger partial charge is 0.378 e. The molecule has 1 N–H and O–H groups in total. The van der Waals surface area contributed by atoms with Crippen molar-refractivity contribution in [3.8, 4) is 0 Å². The van der Waals surface area contributed by atoms with Crippen LogP contribution in [0, 0.1) is 0 Å². The minimum absolute atomic E-state index is 0.144. The third kappa shape index (κ3) is 2.69. The second kappa shape index (κ2) is 5.18. The summed E-state index contributed by atoms with van der Waals surface area (Å²) in [4.78, 5) is 11.7. The van der Waals surface area contributed by atoms with Crippen LogP contribution in [0.2, 0.25) is 0 Å². The van der Waals surface area contributed by atoms with Crippen molar-refractivity contribution >= 4 is 21.6 Å². The van der Waals surface area contributed by atoms with Crippen molar-refractivity contribution in [1.82, 2.24) is 9.78 Å². The Balaban J connectivity index is 2.13. The molecule has 2 atom stereocenters. The van der Waals surface area contributed by atoms with Crippen molar-refractivity contribution < 1.29 is 4.74 Å². The molecule has 0 radical (unpaired) electrons. The monoisotopic (exact) mass is 301 g/mol. The van der Waals surface area contributed by atoms with Gasteiger partial charge in [-0.05, 0) is 35.7 Å². The number of aromatic nitrogens is 2. The summed E-state index contributed by atoms with van der Waals surface area (Å²) in [5.74, 6) is 0. The molecule has 2 unspecified atom stereocenters. The number of nitrogens with one attached hydrogen (secondary N) is 1. The summed E-state index contributed by atoms with van der Waals surface area (Å²) >= 11 is 3.29. The second-order valence-electron chi connectivity index (χ2n) is 4.29. The number of anilines is 1. The highest BCUT2D eigenvalue weighted by Crippen LogP contribution is 2.21. The fourth-order valence-electron chi connectivity index (χ4n) is 1.95. The van der Waals surface area contributed by atoms with Crippen LogP contribution in [0.3, 0.4) is 0 Å². The molecule has 0 aromatic carbocycles. The minimum atomic E-state index is -0.144. The third-order valence-electron chi connectivity index (χ3n) is 2.98. The zero-order valence-electron chi connectivity index (χ0n) is 9.94. The Morgan fingerprint density at radius 1 is 1.71 bits per heavy atom. The van der Waals surface area contributed by atoms with E-state index in [-0.39, 0.29) is 17.7 Å². The predicted octanol–water partition coefficient (Wildman–Crippen LogP) is 1.52. The zero-order chi connectivity index (χ0) is 12.4. The van der Waals surface area contributed by atoms with Gasteiger partial charge in [-0.2, -0.15) is 5.10 Å². The summed E-state index contributed by atoms with van der Waals surface area (Å²) < 4.78 is 7.41. The number of hydrogen-bond acceptors (Lipinski definition) is 4. The van der Waals surface area contributed by atoms with Gasteiger partial charge in [-0.1, -0.05) is 0 Å². The molecule has 0 aliphatic carbocycles. The molecule has 5 nitrogen and oxygen atoms in total. The molecule has 1 aromatic heterocycles. The highest BCUT2D eigenvalue weighted by Gasteiger charge is 2.23. The summed E-state index contributed by atoms with van der Waals surface area (Å²) in [5, 5.41) is 7.26. The van der Waals surface area contributed by atoms with E-state index in [9.17, 15) is 4.79 Å². The van der Waals surface area contributed by atoms with E-state index in [1.165, 1.54) is 4.68 Å². The average Bonchev–Trinajstić information content (AvgIpc) is 2.83. The van der Waals surface area contributed by atoms with Gasteiger partial charge in [-0.25, -0.2) is 4.68 Å². The number of nitrogens with zero attached hydrogens (tertiary/aromatic N) is 2. The standard InChI is InChI=1S/C11H16BrN3O2/c1-7(9-4-3-5-17-9)14-8-6-13-15(2)11(16)10(8)12/h6-7,9,14H,3-5H2,1-2H3. The van der Waals surface area contributed by atoms with E-state index < -0.39 is 0 Å². The summed E-state index contributed by atoms with van der Waals surface area (Å²) in [6.07, 6.45) is 4.03. The van der Waals surface area contributed by atoms with E-state index in [0.717, 1.165) is 25.1 Å². The third-order valence-corrected chi connectivity index (χ3v) is 3.75. The van der Waals surface area contributed by atoms with E-state index in [1.54, 1.807) is 13.2 Å². The number of hydrogen-bond donors (Lipinski definition) is 1. The van der Waals surface area contributed by atoms with Gasteiger partial charge >= 0.3 is 0 Å². The molecule has 1 aliphatic rings. The Morgan fingerprint density at radius 3 is 3.12 bits per heavy atom. The maximum absolute atomic E-state index is 11.7. The van der Waals surface area contributed by atoms with Gasteiger partial charge in [0.25, 0.3) is 5.56 Å². The van der Waals surface area contributed by atoms with Gasteiger partial charge in [0, 0.05) is 19.7 Å². The van der Waals surface area contributed by atoms with Gasteiger partial charge in [0.15, 0.2) is 0 Å². The smallest absolute Gasteiger partial charge is 0.282 e. The van der Waals surface area contributed by atoms with Crippen molar-refractivity contribution in [2.24, 2.45) is 7.05 Å². The van der Waals surface area contributed by atoms with Gasteiger partial charge in [0.05, 0.1) is 18.0 Å². The molecule has 0 amide bonds. The molecule has 94 valence electrons. The first-order chi connectivity index (χ1) is 8.09. The highest BCUT2D eigenvalue weighted by molar-refractivity contribution is 9.10. The van der Waals surface area contributed by atoms with Gasteiger partial charge < -0.3 is 10.1 Å².